The third kappa shape index (κ3) is 2.85. The van der Waals surface area contributed by atoms with Crippen LogP contribution in [0, 0.1) is 5.82 Å². The van der Waals surface area contributed by atoms with E-state index in [1.807, 2.05) is 19.1 Å². The fourth-order valence-corrected chi connectivity index (χ4v) is 4.25. The fraction of sp³-hybridized carbons (Fsp3) is 0.158. The Morgan fingerprint density at radius 2 is 2.03 bits per heavy atom. The van der Waals surface area contributed by atoms with Crippen LogP contribution in [0.4, 0.5) is 15.8 Å². The molecule has 0 saturated heterocycles. The van der Waals surface area contributed by atoms with Crippen molar-refractivity contribution in [3.05, 3.63) is 52.3 Å². The molecule has 1 amide bonds. The lowest BCUT2D eigenvalue weighted by Crippen LogP contribution is -2.47. The van der Waals surface area contributed by atoms with E-state index in [0.717, 1.165) is 10.2 Å². The van der Waals surface area contributed by atoms with Gasteiger partial charge in [0.25, 0.3) is 11.6 Å². The van der Waals surface area contributed by atoms with E-state index in [4.69, 9.17) is 4.74 Å². The van der Waals surface area contributed by atoms with E-state index in [9.17, 15) is 9.18 Å². The zero-order valence-corrected chi connectivity index (χ0v) is 17.4. The van der Waals surface area contributed by atoms with Crippen LogP contribution in [0.2, 0.25) is 0 Å². The second-order valence-electron chi connectivity index (χ2n) is 6.42. The van der Waals surface area contributed by atoms with E-state index in [1.165, 1.54) is 30.0 Å². The van der Waals surface area contributed by atoms with Gasteiger partial charge in [-0.2, -0.15) is 4.98 Å². The van der Waals surface area contributed by atoms with Crippen LogP contribution in [0.1, 0.15) is 12.5 Å². The topological polar surface area (TPSA) is 89.0 Å². The second-order valence-corrected chi connectivity index (χ2v) is 8.57. The minimum atomic E-state index is -1.69. The lowest BCUT2D eigenvalue weighted by Gasteiger charge is -2.28. The van der Waals surface area contributed by atoms with E-state index in [1.54, 1.807) is 6.07 Å². The van der Waals surface area contributed by atoms with Gasteiger partial charge < -0.3 is 15.4 Å². The third-order valence-corrected chi connectivity index (χ3v) is 5.85. The molecule has 7 nitrogen and oxygen atoms in total. The number of nitrogens with one attached hydrogen (secondary N) is 2. The molecule has 0 fully saturated rings. The molecule has 0 radical (unpaired) electrons. The summed E-state index contributed by atoms with van der Waals surface area (Å²) in [5, 5.41) is 14.8. The molecule has 0 bridgehead atoms. The Bertz CT molecular complexity index is 1180. The van der Waals surface area contributed by atoms with Gasteiger partial charge in [0.2, 0.25) is 11.0 Å². The van der Waals surface area contributed by atoms with E-state index >= 15 is 0 Å². The zero-order chi connectivity index (χ0) is 20.2. The monoisotopic (exact) mass is 473 g/mol. The molecule has 1 atom stereocenters. The summed E-state index contributed by atoms with van der Waals surface area (Å²) >= 11 is 4.86. The van der Waals surface area contributed by atoms with Crippen molar-refractivity contribution in [3.63, 3.8) is 0 Å². The molecular weight excluding hydrogens is 461 g/mol. The summed E-state index contributed by atoms with van der Waals surface area (Å²) < 4.78 is 21.1. The number of nitrogens with zero attached hydrogens (tertiary/aromatic N) is 3. The predicted molar refractivity (Wildman–Crippen MR) is 110 cm³/mol. The number of carbonyl (C=O) groups excluding carboxylic acids is 1. The van der Waals surface area contributed by atoms with Crippen LogP contribution in [0.25, 0.3) is 11.3 Å². The fourth-order valence-electron chi connectivity index (χ4n) is 3.38. The van der Waals surface area contributed by atoms with Crippen molar-refractivity contribution in [1.82, 2.24) is 15.2 Å². The molecule has 3 aromatic rings. The van der Waals surface area contributed by atoms with Crippen molar-refractivity contribution in [1.29, 1.82) is 0 Å². The van der Waals surface area contributed by atoms with Crippen LogP contribution in [0.5, 0.6) is 5.88 Å². The maximum Gasteiger partial charge on any atom is 0.295 e. The first kappa shape index (κ1) is 18.3. The SMILES string of the molecule is CCSc1nnc2c(n1)O[C@]1(Nc3ccc(Br)cc3-2)C(=O)Nc2ccc(F)cc21. The molecule has 146 valence electrons. The summed E-state index contributed by atoms with van der Waals surface area (Å²) in [7, 11) is 0. The maximum atomic E-state index is 14.1. The highest BCUT2D eigenvalue weighted by Crippen LogP contribution is 2.47. The highest BCUT2D eigenvalue weighted by Gasteiger charge is 2.52. The number of ether oxygens (including phenoxy) is 1. The molecule has 0 saturated carbocycles. The highest BCUT2D eigenvalue weighted by molar-refractivity contribution is 9.10. The summed E-state index contributed by atoms with van der Waals surface area (Å²) in [5.41, 5.74) is 0.769. The van der Waals surface area contributed by atoms with Gasteiger partial charge in [-0.3, -0.25) is 4.79 Å². The molecule has 2 aliphatic heterocycles. The largest absolute Gasteiger partial charge is 0.435 e. The van der Waals surface area contributed by atoms with Crippen molar-refractivity contribution >= 4 is 45.0 Å². The van der Waals surface area contributed by atoms with E-state index < -0.39 is 17.4 Å². The number of anilines is 2. The quantitative estimate of drug-likeness (QED) is 0.540. The van der Waals surface area contributed by atoms with Crippen LogP contribution >= 0.6 is 27.7 Å². The predicted octanol–water partition coefficient (Wildman–Crippen LogP) is 4.16. The second kappa shape index (κ2) is 6.67. The van der Waals surface area contributed by atoms with Gasteiger partial charge in [0.15, 0.2) is 5.69 Å². The van der Waals surface area contributed by atoms with Gasteiger partial charge in [0.1, 0.15) is 5.82 Å². The molecule has 5 rings (SSSR count). The summed E-state index contributed by atoms with van der Waals surface area (Å²) in [4.78, 5) is 17.5. The van der Waals surface area contributed by atoms with Crippen molar-refractivity contribution in [2.24, 2.45) is 0 Å². The Labute approximate surface area is 177 Å². The minimum Gasteiger partial charge on any atom is -0.435 e. The number of rotatable bonds is 2. The first-order valence-corrected chi connectivity index (χ1v) is 10.5. The van der Waals surface area contributed by atoms with E-state index in [2.05, 4.69) is 41.7 Å². The smallest absolute Gasteiger partial charge is 0.295 e. The van der Waals surface area contributed by atoms with Gasteiger partial charge in [0.05, 0.1) is 11.3 Å². The third-order valence-electron chi connectivity index (χ3n) is 4.63. The number of amides is 1. The molecule has 2 aromatic carbocycles. The van der Waals surface area contributed by atoms with Gasteiger partial charge in [0, 0.05) is 15.7 Å². The molecule has 3 heterocycles. The van der Waals surface area contributed by atoms with Crippen molar-refractivity contribution in [3.8, 4) is 17.1 Å². The molecule has 10 heteroatoms. The first-order valence-electron chi connectivity index (χ1n) is 8.76. The summed E-state index contributed by atoms with van der Waals surface area (Å²) in [5.74, 6) is -0.0511. The molecule has 2 N–H and O–H groups in total. The van der Waals surface area contributed by atoms with Gasteiger partial charge >= 0.3 is 0 Å². The molecule has 1 aromatic heterocycles. The summed E-state index contributed by atoms with van der Waals surface area (Å²) in [6.07, 6.45) is 0. The highest BCUT2D eigenvalue weighted by atomic mass is 79.9. The van der Waals surface area contributed by atoms with Gasteiger partial charge in [-0.15, -0.1) is 10.2 Å². The van der Waals surface area contributed by atoms with Crippen molar-refractivity contribution < 1.29 is 13.9 Å². The van der Waals surface area contributed by atoms with Gasteiger partial charge in [-0.25, -0.2) is 4.39 Å². The van der Waals surface area contributed by atoms with Gasteiger partial charge in [-0.05, 0) is 42.2 Å². The average Bonchev–Trinajstić information content (AvgIpc) is 2.86. The van der Waals surface area contributed by atoms with Gasteiger partial charge in [-0.1, -0.05) is 34.6 Å². The zero-order valence-electron chi connectivity index (χ0n) is 15.0. The lowest BCUT2D eigenvalue weighted by molar-refractivity contribution is -0.128. The molecule has 0 unspecified atom stereocenters. The number of halogens is 2. The molecule has 1 spiro atoms. The summed E-state index contributed by atoms with van der Waals surface area (Å²) in [6.45, 7) is 1.97. The van der Waals surface area contributed by atoms with Crippen LogP contribution < -0.4 is 15.4 Å². The standard InChI is InChI=1S/C19H13BrFN5O2S/c1-2-29-18-23-16-15(25-26-18)11-7-9(20)3-5-13(11)24-19(28-16)12-8-10(21)4-6-14(12)22-17(19)27/h3-8,24H,2H2,1H3,(H,22,27)/t19-/m0/s1. The van der Waals surface area contributed by atoms with Crippen molar-refractivity contribution in [2.45, 2.75) is 17.8 Å². The number of carbonyl (C=O) groups is 1. The van der Waals surface area contributed by atoms with Crippen LogP contribution in [-0.2, 0) is 10.5 Å². The molecular formula is C19H13BrFN5O2S. The minimum absolute atomic E-state index is 0.146. The van der Waals surface area contributed by atoms with Crippen LogP contribution in [0.15, 0.2) is 46.0 Å². The van der Waals surface area contributed by atoms with E-state index in [0.29, 0.717) is 33.4 Å². The molecule has 2 aliphatic rings. The first-order chi connectivity index (χ1) is 14.0. The number of benzene rings is 2. The molecule has 0 aliphatic carbocycles. The molecule has 29 heavy (non-hydrogen) atoms. The van der Waals surface area contributed by atoms with Crippen molar-refractivity contribution in [2.75, 3.05) is 16.4 Å². The van der Waals surface area contributed by atoms with Crippen LogP contribution in [0.3, 0.4) is 0 Å². The van der Waals surface area contributed by atoms with Crippen LogP contribution in [-0.4, -0.2) is 26.8 Å². The number of fused-ring (bicyclic) bond motifs is 5. The maximum absolute atomic E-state index is 14.1. The number of thioether (sulfide) groups is 1. The lowest BCUT2D eigenvalue weighted by atomic mass is 10.0. The Morgan fingerprint density at radius 3 is 2.86 bits per heavy atom. The van der Waals surface area contributed by atoms with E-state index in [-0.39, 0.29) is 5.88 Å². The number of aromatic nitrogens is 3. The summed E-state index contributed by atoms with van der Waals surface area (Å²) in [6, 6.07) is 9.53. The Balaban J connectivity index is 1.78. The number of hydrogen-bond acceptors (Lipinski definition) is 7. The average molecular weight is 474 g/mol. The normalized spacial score (nSPS) is 18.8. The Kier molecular flexibility index (Phi) is 4.21. The number of hydrogen-bond donors (Lipinski definition) is 2. The Hall–Kier alpha value is -2.72. The Morgan fingerprint density at radius 1 is 1.21 bits per heavy atom.